The quantitative estimate of drug-likeness (QED) is 0.274. The van der Waals surface area contributed by atoms with Crippen LogP contribution in [0, 0.1) is 5.92 Å². The second-order valence-electron chi connectivity index (χ2n) is 7.87. The van der Waals surface area contributed by atoms with Crippen molar-refractivity contribution in [1.82, 2.24) is 15.5 Å². The van der Waals surface area contributed by atoms with E-state index in [0.29, 0.717) is 31.6 Å². The third-order valence-electron chi connectivity index (χ3n) is 5.12. The van der Waals surface area contributed by atoms with E-state index in [1.165, 1.54) is 23.6 Å². The van der Waals surface area contributed by atoms with Gasteiger partial charge in [-0.2, -0.15) is 11.8 Å². The number of rotatable bonds is 11. The molecule has 1 heterocycles. The van der Waals surface area contributed by atoms with E-state index in [0.717, 1.165) is 0 Å². The highest BCUT2D eigenvalue weighted by Crippen LogP contribution is 2.19. The van der Waals surface area contributed by atoms with Gasteiger partial charge in [0.2, 0.25) is 17.7 Å². The summed E-state index contributed by atoms with van der Waals surface area (Å²) in [4.78, 5) is 50.8. The molecule has 0 aromatic carbocycles. The van der Waals surface area contributed by atoms with E-state index < -0.39 is 54.0 Å². The van der Waals surface area contributed by atoms with Crippen molar-refractivity contribution in [2.75, 3.05) is 18.6 Å². The summed E-state index contributed by atoms with van der Waals surface area (Å²) < 4.78 is 0. The van der Waals surface area contributed by atoms with E-state index >= 15 is 0 Å². The van der Waals surface area contributed by atoms with Crippen LogP contribution in [-0.4, -0.2) is 87.6 Å². The summed E-state index contributed by atoms with van der Waals surface area (Å²) in [6.45, 7) is 5.11. The van der Waals surface area contributed by atoms with E-state index in [9.17, 15) is 29.4 Å². The van der Waals surface area contributed by atoms with E-state index in [1.54, 1.807) is 13.8 Å². The number of aliphatic carboxylic acids is 1. The number of nitrogens with zero attached hydrogens (tertiary/aromatic N) is 1. The molecule has 0 aliphatic carbocycles. The molecule has 5 unspecified atom stereocenters. The first-order valence-electron chi connectivity index (χ1n) is 10.1. The molecule has 1 saturated heterocycles. The molecular formula is C19H34N4O6S. The zero-order valence-corrected chi connectivity index (χ0v) is 18.8. The number of thioether (sulfide) groups is 1. The van der Waals surface area contributed by atoms with Gasteiger partial charge in [-0.1, -0.05) is 13.8 Å². The number of hydrogen-bond acceptors (Lipinski definition) is 7. The third kappa shape index (κ3) is 7.13. The second-order valence-corrected chi connectivity index (χ2v) is 8.85. The lowest BCUT2D eigenvalue weighted by atomic mass is 10.0. The maximum atomic E-state index is 12.9. The summed E-state index contributed by atoms with van der Waals surface area (Å²) >= 11 is 1.49. The number of carboxylic acids is 1. The van der Waals surface area contributed by atoms with Gasteiger partial charge < -0.3 is 31.5 Å². The molecule has 5 atom stereocenters. The van der Waals surface area contributed by atoms with E-state index in [-0.39, 0.29) is 5.92 Å². The molecule has 0 saturated carbocycles. The lowest BCUT2D eigenvalue weighted by Gasteiger charge is -2.29. The number of amides is 3. The van der Waals surface area contributed by atoms with Crippen molar-refractivity contribution >= 4 is 35.5 Å². The molecule has 11 heteroatoms. The molecule has 30 heavy (non-hydrogen) atoms. The van der Waals surface area contributed by atoms with Crippen molar-refractivity contribution < 1.29 is 29.4 Å². The molecule has 0 aromatic heterocycles. The van der Waals surface area contributed by atoms with Crippen molar-refractivity contribution in [3.8, 4) is 0 Å². The number of hydrogen-bond donors (Lipinski definition) is 5. The number of likely N-dealkylation sites (tertiary alicyclic amines) is 1. The zero-order chi connectivity index (χ0) is 23.0. The lowest BCUT2D eigenvalue weighted by Crippen LogP contribution is -2.58. The summed E-state index contributed by atoms with van der Waals surface area (Å²) in [6.07, 6.45) is 2.15. The Morgan fingerprint density at radius 1 is 1.20 bits per heavy atom. The average Bonchev–Trinajstić information content (AvgIpc) is 3.16. The molecule has 10 nitrogen and oxygen atoms in total. The molecule has 1 rings (SSSR count). The van der Waals surface area contributed by atoms with E-state index in [4.69, 9.17) is 5.73 Å². The second kappa shape index (κ2) is 12.1. The fourth-order valence-corrected chi connectivity index (χ4v) is 3.71. The Kier molecular flexibility index (Phi) is 10.6. The van der Waals surface area contributed by atoms with Crippen LogP contribution in [0.15, 0.2) is 0 Å². The number of aliphatic hydroxyl groups is 1. The van der Waals surface area contributed by atoms with Gasteiger partial charge >= 0.3 is 5.97 Å². The van der Waals surface area contributed by atoms with Gasteiger partial charge in [-0.05, 0) is 44.1 Å². The SMILES string of the molecule is CSCCC(NC(=O)C1CCCN1C(=O)C(N)C(C)O)C(=O)NC(C(=O)O)C(C)C. The van der Waals surface area contributed by atoms with Gasteiger partial charge in [-0.3, -0.25) is 14.4 Å². The Labute approximate surface area is 181 Å². The molecule has 0 spiro atoms. The first-order chi connectivity index (χ1) is 14.0. The summed E-state index contributed by atoms with van der Waals surface area (Å²) in [7, 11) is 0. The Balaban J connectivity index is 2.90. The fourth-order valence-electron chi connectivity index (χ4n) is 3.24. The normalized spacial score (nSPS) is 20.4. The topological polar surface area (TPSA) is 162 Å². The maximum absolute atomic E-state index is 12.9. The van der Waals surface area contributed by atoms with E-state index in [1.807, 2.05) is 6.26 Å². The minimum atomic E-state index is -1.15. The monoisotopic (exact) mass is 446 g/mol. The number of carboxylic acid groups (broad SMARTS) is 1. The standard InChI is InChI=1S/C19H34N4O6S/c1-10(2)15(19(28)29)22-16(25)12(7-9-30-4)21-17(26)13-6-5-8-23(13)18(27)14(20)11(3)24/h10-15,24H,5-9,20H2,1-4H3,(H,21,26)(H,22,25)(H,28,29). The van der Waals surface area contributed by atoms with Crippen LogP contribution in [-0.2, 0) is 19.2 Å². The predicted molar refractivity (Wildman–Crippen MR) is 114 cm³/mol. The molecule has 0 radical (unpaired) electrons. The number of carbonyl (C=O) groups excluding carboxylic acids is 3. The van der Waals surface area contributed by atoms with Gasteiger partial charge in [0.25, 0.3) is 0 Å². The number of nitrogens with two attached hydrogens (primary N) is 1. The zero-order valence-electron chi connectivity index (χ0n) is 18.0. The Hall–Kier alpha value is -1.85. The largest absolute Gasteiger partial charge is 0.480 e. The Morgan fingerprint density at radius 3 is 2.33 bits per heavy atom. The molecule has 0 aromatic rings. The number of carbonyl (C=O) groups is 4. The molecule has 172 valence electrons. The lowest BCUT2D eigenvalue weighted by molar-refractivity contribution is -0.144. The van der Waals surface area contributed by atoms with Crippen LogP contribution in [0.2, 0.25) is 0 Å². The van der Waals surface area contributed by atoms with Gasteiger partial charge in [-0.25, -0.2) is 4.79 Å². The van der Waals surface area contributed by atoms with Gasteiger partial charge in [0.15, 0.2) is 0 Å². The van der Waals surface area contributed by atoms with Gasteiger partial charge in [0.1, 0.15) is 24.2 Å². The van der Waals surface area contributed by atoms with Gasteiger partial charge in [0, 0.05) is 6.54 Å². The first-order valence-corrected chi connectivity index (χ1v) is 11.5. The summed E-state index contributed by atoms with van der Waals surface area (Å²) in [6, 6.07) is -3.91. The predicted octanol–water partition coefficient (Wildman–Crippen LogP) is -0.851. The summed E-state index contributed by atoms with van der Waals surface area (Å²) in [5.74, 6) is -2.47. The van der Waals surface area contributed by atoms with Crippen molar-refractivity contribution in [3.63, 3.8) is 0 Å². The van der Waals surface area contributed by atoms with Gasteiger partial charge in [-0.15, -0.1) is 0 Å². The minimum absolute atomic E-state index is 0.316. The summed E-state index contributed by atoms with van der Waals surface area (Å²) in [5, 5.41) is 24.1. The van der Waals surface area contributed by atoms with Crippen molar-refractivity contribution in [2.45, 2.75) is 70.3 Å². The fraction of sp³-hybridized carbons (Fsp3) is 0.789. The van der Waals surface area contributed by atoms with Crippen LogP contribution in [0.25, 0.3) is 0 Å². The van der Waals surface area contributed by atoms with Crippen molar-refractivity contribution in [3.05, 3.63) is 0 Å². The minimum Gasteiger partial charge on any atom is -0.480 e. The van der Waals surface area contributed by atoms with Crippen LogP contribution in [0.3, 0.4) is 0 Å². The Morgan fingerprint density at radius 2 is 1.83 bits per heavy atom. The molecule has 0 bridgehead atoms. The van der Waals surface area contributed by atoms with Crippen molar-refractivity contribution in [2.24, 2.45) is 11.7 Å². The molecular weight excluding hydrogens is 412 g/mol. The Bertz CT molecular complexity index is 630. The van der Waals surface area contributed by atoms with Gasteiger partial charge in [0.05, 0.1) is 6.10 Å². The third-order valence-corrected chi connectivity index (χ3v) is 5.76. The van der Waals surface area contributed by atoms with Crippen LogP contribution in [0.5, 0.6) is 0 Å². The highest BCUT2D eigenvalue weighted by atomic mass is 32.2. The molecule has 1 aliphatic heterocycles. The number of nitrogens with one attached hydrogen (secondary N) is 2. The van der Waals surface area contributed by atoms with Crippen LogP contribution in [0.1, 0.15) is 40.0 Å². The first kappa shape index (κ1) is 26.2. The van der Waals surface area contributed by atoms with Crippen LogP contribution >= 0.6 is 11.8 Å². The van der Waals surface area contributed by atoms with Crippen LogP contribution in [0.4, 0.5) is 0 Å². The molecule has 6 N–H and O–H groups in total. The van der Waals surface area contributed by atoms with Crippen LogP contribution < -0.4 is 16.4 Å². The molecule has 3 amide bonds. The van der Waals surface area contributed by atoms with Crippen molar-refractivity contribution in [1.29, 1.82) is 0 Å². The molecule has 1 fully saturated rings. The summed E-state index contributed by atoms with van der Waals surface area (Å²) in [5.41, 5.74) is 5.73. The smallest absolute Gasteiger partial charge is 0.326 e. The molecule has 1 aliphatic rings. The number of aliphatic hydroxyl groups excluding tert-OH is 1. The average molecular weight is 447 g/mol. The maximum Gasteiger partial charge on any atom is 0.326 e. The highest BCUT2D eigenvalue weighted by molar-refractivity contribution is 7.98. The highest BCUT2D eigenvalue weighted by Gasteiger charge is 2.38. The van der Waals surface area contributed by atoms with E-state index in [2.05, 4.69) is 10.6 Å².